The maximum absolute atomic E-state index is 13.0. The zero-order valence-corrected chi connectivity index (χ0v) is 11.2. The van der Waals surface area contributed by atoms with E-state index in [9.17, 15) is 14.3 Å². The van der Waals surface area contributed by atoms with Gasteiger partial charge in [0.2, 0.25) is 0 Å². The van der Waals surface area contributed by atoms with Gasteiger partial charge in [-0.15, -0.1) is 0 Å². The van der Waals surface area contributed by atoms with Crippen molar-refractivity contribution in [3.8, 4) is 11.5 Å². The fourth-order valence-electron chi connectivity index (χ4n) is 1.63. The molecule has 108 valence electrons. The molecule has 2 rings (SSSR count). The second-order valence-electron chi connectivity index (χ2n) is 4.14. The largest absolute Gasteiger partial charge is 0.504 e. The molecule has 0 bridgehead atoms. The van der Waals surface area contributed by atoms with Crippen LogP contribution in [0.3, 0.4) is 0 Å². The normalized spacial score (nSPS) is 10.6. The van der Waals surface area contributed by atoms with Crippen molar-refractivity contribution in [2.24, 2.45) is 5.10 Å². The lowest BCUT2D eigenvalue weighted by atomic mass is 10.2. The predicted octanol–water partition coefficient (Wildman–Crippen LogP) is 2.30. The molecule has 0 atom stereocenters. The van der Waals surface area contributed by atoms with Crippen LogP contribution in [0, 0.1) is 5.82 Å². The minimum Gasteiger partial charge on any atom is -0.504 e. The first-order chi connectivity index (χ1) is 10.1. The summed E-state index contributed by atoms with van der Waals surface area (Å²) in [6.07, 6.45) is 1.39. The maximum atomic E-state index is 13.0. The molecule has 2 N–H and O–H groups in total. The number of carbonyl (C=O) groups is 1. The molecule has 2 aromatic carbocycles. The zero-order valence-electron chi connectivity index (χ0n) is 11.2. The zero-order chi connectivity index (χ0) is 15.2. The molecule has 1 amide bonds. The van der Waals surface area contributed by atoms with Gasteiger partial charge in [-0.05, 0) is 42.0 Å². The number of amides is 1. The summed E-state index contributed by atoms with van der Waals surface area (Å²) < 4.78 is 17.9. The number of aromatic hydroxyl groups is 1. The summed E-state index contributed by atoms with van der Waals surface area (Å²) in [6.45, 7) is 0. The van der Waals surface area contributed by atoms with Gasteiger partial charge in [0.15, 0.2) is 11.5 Å². The van der Waals surface area contributed by atoms with Crippen LogP contribution in [0.5, 0.6) is 11.5 Å². The van der Waals surface area contributed by atoms with E-state index in [1.807, 2.05) is 0 Å². The fourth-order valence-corrected chi connectivity index (χ4v) is 1.63. The van der Waals surface area contributed by atoms with Gasteiger partial charge in [-0.1, -0.05) is 6.07 Å². The number of halogens is 1. The van der Waals surface area contributed by atoms with E-state index in [4.69, 9.17) is 4.74 Å². The van der Waals surface area contributed by atoms with Crippen LogP contribution in [0.1, 0.15) is 15.9 Å². The number of ether oxygens (including phenoxy) is 1. The maximum Gasteiger partial charge on any atom is 0.271 e. The number of phenols is 1. The molecular formula is C15H13FN2O3. The van der Waals surface area contributed by atoms with Gasteiger partial charge in [0.25, 0.3) is 5.91 Å². The Balaban J connectivity index is 2.04. The average molecular weight is 288 g/mol. The second-order valence-corrected chi connectivity index (χ2v) is 4.14. The first kappa shape index (κ1) is 14.5. The Morgan fingerprint density at radius 3 is 2.86 bits per heavy atom. The van der Waals surface area contributed by atoms with E-state index >= 15 is 0 Å². The van der Waals surface area contributed by atoms with E-state index in [-0.39, 0.29) is 11.3 Å². The SMILES string of the molecule is COc1cc(C=NNC(=O)c2cccc(F)c2)ccc1O. The lowest BCUT2D eigenvalue weighted by Crippen LogP contribution is -2.17. The van der Waals surface area contributed by atoms with Gasteiger partial charge in [0.05, 0.1) is 13.3 Å². The number of hydrazone groups is 1. The number of nitrogens with one attached hydrogen (secondary N) is 1. The third-order valence-corrected chi connectivity index (χ3v) is 2.67. The summed E-state index contributed by atoms with van der Waals surface area (Å²) in [5.74, 6) is -0.694. The second kappa shape index (κ2) is 6.51. The average Bonchev–Trinajstić information content (AvgIpc) is 2.48. The van der Waals surface area contributed by atoms with E-state index < -0.39 is 11.7 Å². The first-order valence-corrected chi connectivity index (χ1v) is 6.06. The molecule has 0 aliphatic carbocycles. The minimum atomic E-state index is -0.517. The summed E-state index contributed by atoms with van der Waals surface area (Å²) in [7, 11) is 1.43. The third kappa shape index (κ3) is 3.79. The van der Waals surface area contributed by atoms with Gasteiger partial charge >= 0.3 is 0 Å². The molecule has 0 saturated carbocycles. The van der Waals surface area contributed by atoms with Crippen LogP contribution in [-0.2, 0) is 0 Å². The smallest absolute Gasteiger partial charge is 0.271 e. The Kier molecular flexibility index (Phi) is 4.50. The Morgan fingerprint density at radius 1 is 1.33 bits per heavy atom. The molecule has 0 aliphatic heterocycles. The highest BCUT2D eigenvalue weighted by Gasteiger charge is 2.05. The topological polar surface area (TPSA) is 70.9 Å². The third-order valence-electron chi connectivity index (χ3n) is 2.67. The van der Waals surface area contributed by atoms with Crippen molar-refractivity contribution >= 4 is 12.1 Å². The van der Waals surface area contributed by atoms with Crippen molar-refractivity contribution < 1.29 is 19.0 Å². The minimum absolute atomic E-state index is 0.0125. The molecule has 0 spiro atoms. The standard InChI is InChI=1S/C15H13FN2O3/c1-21-14-7-10(5-6-13(14)19)9-17-18-15(20)11-3-2-4-12(16)8-11/h2-9,19H,1H3,(H,18,20). The molecule has 0 radical (unpaired) electrons. The van der Waals surface area contributed by atoms with E-state index in [0.29, 0.717) is 11.3 Å². The molecule has 0 aliphatic rings. The van der Waals surface area contributed by atoms with Gasteiger partial charge in [0, 0.05) is 5.56 Å². The quantitative estimate of drug-likeness (QED) is 0.670. The van der Waals surface area contributed by atoms with Gasteiger partial charge in [-0.2, -0.15) is 5.10 Å². The number of hydrogen-bond donors (Lipinski definition) is 2. The number of hydrogen-bond acceptors (Lipinski definition) is 4. The Morgan fingerprint density at radius 2 is 2.14 bits per heavy atom. The summed E-state index contributed by atoms with van der Waals surface area (Å²) in [6, 6.07) is 9.92. The molecule has 5 nitrogen and oxygen atoms in total. The lowest BCUT2D eigenvalue weighted by Gasteiger charge is -2.03. The summed E-state index contributed by atoms with van der Waals surface area (Å²) in [5.41, 5.74) is 3.09. The number of phenolic OH excluding ortho intramolecular Hbond substituents is 1. The number of benzene rings is 2. The Hall–Kier alpha value is -2.89. The first-order valence-electron chi connectivity index (χ1n) is 6.06. The highest BCUT2D eigenvalue weighted by molar-refractivity contribution is 5.94. The molecule has 2 aromatic rings. The molecule has 0 fully saturated rings. The van der Waals surface area contributed by atoms with Crippen molar-refractivity contribution in [3.63, 3.8) is 0 Å². The van der Waals surface area contributed by atoms with Crippen LogP contribution in [0.15, 0.2) is 47.6 Å². The molecule has 21 heavy (non-hydrogen) atoms. The van der Waals surface area contributed by atoms with Gasteiger partial charge in [-0.25, -0.2) is 9.82 Å². The van der Waals surface area contributed by atoms with Gasteiger partial charge in [0.1, 0.15) is 5.82 Å². The lowest BCUT2D eigenvalue weighted by molar-refractivity contribution is 0.0954. The van der Waals surface area contributed by atoms with Crippen LogP contribution in [-0.4, -0.2) is 24.3 Å². The molecule has 0 unspecified atom stereocenters. The highest BCUT2D eigenvalue weighted by atomic mass is 19.1. The molecule has 0 saturated heterocycles. The fraction of sp³-hybridized carbons (Fsp3) is 0.0667. The number of methoxy groups -OCH3 is 1. The van der Waals surface area contributed by atoms with Crippen molar-refractivity contribution in [1.82, 2.24) is 5.43 Å². The van der Waals surface area contributed by atoms with Gasteiger partial charge in [-0.3, -0.25) is 4.79 Å². The molecule has 0 aromatic heterocycles. The molecular weight excluding hydrogens is 275 g/mol. The van der Waals surface area contributed by atoms with Crippen LogP contribution < -0.4 is 10.2 Å². The number of rotatable bonds is 4. The van der Waals surface area contributed by atoms with E-state index in [1.54, 1.807) is 12.1 Å². The van der Waals surface area contributed by atoms with Crippen molar-refractivity contribution in [3.05, 3.63) is 59.4 Å². The van der Waals surface area contributed by atoms with Gasteiger partial charge < -0.3 is 9.84 Å². The Bertz CT molecular complexity index is 686. The van der Waals surface area contributed by atoms with E-state index in [2.05, 4.69) is 10.5 Å². The Labute approximate surface area is 120 Å². The molecule has 6 heteroatoms. The van der Waals surface area contributed by atoms with Crippen LogP contribution in [0.2, 0.25) is 0 Å². The van der Waals surface area contributed by atoms with Crippen LogP contribution >= 0.6 is 0 Å². The number of carbonyl (C=O) groups excluding carboxylic acids is 1. The van der Waals surface area contributed by atoms with Crippen molar-refractivity contribution in [2.45, 2.75) is 0 Å². The molecule has 0 heterocycles. The predicted molar refractivity (Wildman–Crippen MR) is 76.1 cm³/mol. The highest BCUT2D eigenvalue weighted by Crippen LogP contribution is 2.25. The van der Waals surface area contributed by atoms with Crippen molar-refractivity contribution in [2.75, 3.05) is 7.11 Å². The summed E-state index contributed by atoms with van der Waals surface area (Å²) in [4.78, 5) is 11.7. The van der Waals surface area contributed by atoms with E-state index in [1.165, 1.54) is 37.6 Å². The summed E-state index contributed by atoms with van der Waals surface area (Å²) >= 11 is 0. The summed E-state index contributed by atoms with van der Waals surface area (Å²) in [5, 5.41) is 13.2. The number of nitrogens with zero attached hydrogens (tertiary/aromatic N) is 1. The monoisotopic (exact) mass is 288 g/mol. The van der Waals surface area contributed by atoms with Crippen molar-refractivity contribution in [1.29, 1.82) is 0 Å². The van der Waals surface area contributed by atoms with E-state index in [0.717, 1.165) is 6.07 Å². The van der Waals surface area contributed by atoms with Crippen LogP contribution in [0.25, 0.3) is 0 Å². The van der Waals surface area contributed by atoms with Crippen LogP contribution in [0.4, 0.5) is 4.39 Å².